The van der Waals surface area contributed by atoms with Crippen LogP contribution in [0.3, 0.4) is 0 Å². The maximum absolute atomic E-state index is 13.1. The number of halogens is 1. The summed E-state index contributed by atoms with van der Waals surface area (Å²) in [6.45, 7) is 2.08. The first-order valence-corrected chi connectivity index (χ1v) is 8.45. The Balaban J connectivity index is 1.62. The minimum Gasteiger partial charge on any atom is -0.466 e. The number of H-pyrrole nitrogens is 1. The zero-order valence-corrected chi connectivity index (χ0v) is 14.5. The highest BCUT2D eigenvalue weighted by Crippen LogP contribution is 2.24. The summed E-state index contributed by atoms with van der Waals surface area (Å²) >= 11 is 0. The van der Waals surface area contributed by atoms with Gasteiger partial charge in [0.05, 0.1) is 24.0 Å². The zero-order valence-electron chi connectivity index (χ0n) is 14.5. The fourth-order valence-corrected chi connectivity index (χ4v) is 2.82. The number of ether oxygens (including phenoxy) is 1. The van der Waals surface area contributed by atoms with Crippen LogP contribution >= 0.6 is 0 Å². The van der Waals surface area contributed by atoms with Gasteiger partial charge in [-0.3, -0.25) is 4.79 Å². The van der Waals surface area contributed by atoms with Gasteiger partial charge in [0.15, 0.2) is 5.82 Å². The average Bonchev–Trinajstić information content (AvgIpc) is 3.29. The largest absolute Gasteiger partial charge is 0.466 e. The van der Waals surface area contributed by atoms with Crippen molar-refractivity contribution in [3.8, 4) is 17.1 Å². The third-order valence-corrected chi connectivity index (χ3v) is 4.06. The molecular formula is C19H16FN5O2. The average molecular weight is 365 g/mol. The van der Waals surface area contributed by atoms with Crippen LogP contribution in [0, 0.1) is 5.82 Å². The maximum atomic E-state index is 13.1. The summed E-state index contributed by atoms with van der Waals surface area (Å²) in [6, 6.07) is 11.9. The van der Waals surface area contributed by atoms with Crippen LogP contribution in [-0.2, 0) is 16.0 Å². The molecule has 0 fully saturated rings. The van der Waals surface area contributed by atoms with Gasteiger partial charge in [0.25, 0.3) is 0 Å². The molecule has 0 amide bonds. The van der Waals surface area contributed by atoms with Crippen molar-refractivity contribution in [2.75, 3.05) is 6.61 Å². The predicted molar refractivity (Wildman–Crippen MR) is 96.7 cm³/mol. The fraction of sp³-hybridized carbons (Fsp3) is 0.158. The molecule has 2 aromatic heterocycles. The van der Waals surface area contributed by atoms with Crippen molar-refractivity contribution < 1.29 is 13.9 Å². The van der Waals surface area contributed by atoms with Crippen molar-refractivity contribution in [3.05, 3.63) is 60.3 Å². The molecule has 4 rings (SSSR count). The van der Waals surface area contributed by atoms with Crippen LogP contribution in [0.1, 0.15) is 12.7 Å². The lowest BCUT2D eigenvalue weighted by molar-refractivity contribution is -0.142. The summed E-state index contributed by atoms with van der Waals surface area (Å²) < 4.78 is 19.8. The summed E-state index contributed by atoms with van der Waals surface area (Å²) in [5.41, 5.74) is 2.48. The Morgan fingerprint density at radius 2 is 2.00 bits per heavy atom. The lowest BCUT2D eigenvalue weighted by Crippen LogP contribution is -2.08. The summed E-state index contributed by atoms with van der Waals surface area (Å²) in [5, 5.41) is 13.4. The van der Waals surface area contributed by atoms with Gasteiger partial charge in [-0.2, -0.15) is 5.10 Å². The van der Waals surface area contributed by atoms with E-state index < -0.39 is 0 Å². The number of aromatic nitrogens is 5. The number of benzene rings is 2. The van der Waals surface area contributed by atoms with E-state index in [9.17, 15) is 9.18 Å². The van der Waals surface area contributed by atoms with E-state index in [-0.39, 0.29) is 18.2 Å². The summed E-state index contributed by atoms with van der Waals surface area (Å²) in [6.07, 6.45) is 1.78. The lowest BCUT2D eigenvalue weighted by Gasteiger charge is -2.04. The fourth-order valence-electron chi connectivity index (χ4n) is 2.82. The second-order valence-electron chi connectivity index (χ2n) is 5.91. The van der Waals surface area contributed by atoms with Gasteiger partial charge in [-0.25, -0.2) is 9.07 Å². The van der Waals surface area contributed by atoms with Crippen molar-refractivity contribution in [2.45, 2.75) is 13.3 Å². The van der Waals surface area contributed by atoms with Crippen molar-refractivity contribution in [3.63, 3.8) is 0 Å². The first-order chi connectivity index (χ1) is 13.1. The molecule has 8 heteroatoms. The second-order valence-corrected chi connectivity index (χ2v) is 5.91. The Morgan fingerprint density at radius 3 is 2.78 bits per heavy atom. The molecule has 0 aliphatic rings. The van der Waals surface area contributed by atoms with Crippen LogP contribution in [0.4, 0.5) is 4.39 Å². The maximum Gasteiger partial charge on any atom is 0.313 e. The number of aromatic amines is 1. The second kappa shape index (κ2) is 6.99. The third-order valence-electron chi connectivity index (χ3n) is 4.06. The van der Waals surface area contributed by atoms with Crippen LogP contribution in [0.2, 0.25) is 0 Å². The molecule has 27 heavy (non-hydrogen) atoms. The Morgan fingerprint density at radius 1 is 1.19 bits per heavy atom. The molecule has 0 atom stereocenters. The van der Waals surface area contributed by atoms with Gasteiger partial charge in [-0.15, -0.1) is 10.2 Å². The summed E-state index contributed by atoms with van der Waals surface area (Å²) in [4.78, 5) is 14.6. The quantitative estimate of drug-likeness (QED) is 0.550. The highest BCUT2D eigenvalue weighted by Gasteiger charge is 2.12. The molecule has 7 nitrogen and oxygen atoms in total. The Bertz CT molecular complexity index is 1100. The monoisotopic (exact) mass is 365 g/mol. The van der Waals surface area contributed by atoms with Gasteiger partial charge >= 0.3 is 5.97 Å². The molecule has 2 aromatic carbocycles. The van der Waals surface area contributed by atoms with Gasteiger partial charge in [0, 0.05) is 10.9 Å². The Kier molecular flexibility index (Phi) is 4.37. The van der Waals surface area contributed by atoms with Gasteiger partial charge in [-0.1, -0.05) is 0 Å². The summed E-state index contributed by atoms with van der Waals surface area (Å²) in [5.74, 6) is 0.369. The topological polar surface area (TPSA) is 85.7 Å². The normalized spacial score (nSPS) is 11.0. The van der Waals surface area contributed by atoms with Crippen molar-refractivity contribution in [2.24, 2.45) is 0 Å². The molecule has 0 aliphatic carbocycles. The molecule has 1 N–H and O–H groups in total. The molecule has 0 aliphatic heterocycles. The standard InChI is InChI=1S/C19H16FN5O2/c1-2-27-18(26)10-17-22-19(24-23-17)12-3-8-16-13(9-12)11-21-25(16)15-6-4-14(20)5-7-15/h3-9,11H,2,10H2,1H3,(H,22,23,24). The number of fused-ring (bicyclic) bond motifs is 1. The number of hydrogen-bond acceptors (Lipinski definition) is 5. The minimum atomic E-state index is -0.351. The van der Waals surface area contributed by atoms with E-state index in [1.165, 1.54) is 12.1 Å². The van der Waals surface area contributed by atoms with E-state index in [4.69, 9.17) is 4.74 Å². The highest BCUT2D eigenvalue weighted by molar-refractivity contribution is 5.84. The van der Waals surface area contributed by atoms with Gasteiger partial charge in [0.2, 0.25) is 0 Å². The smallest absolute Gasteiger partial charge is 0.313 e. The number of hydrogen-bond donors (Lipinski definition) is 1. The molecule has 0 saturated heterocycles. The van der Waals surface area contributed by atoms with Crippen molar-refractivity contribution >= 4 is 16.9 Å². The molecule has 0 bridgehead atoms. The first kappa shape index (κ1) is 16.9. The van der Waals surface area contributed by atoms with Gasteiger partial charge in [0.1, 0.15) is 18.1 Å². The van der Waals surface area contributed by atoms with E-state index in [0.717, 1.165) is 22.2 Å². The predicted octanol–water partition coefficient (Wildman–Crippen LogP) is 3.06. The zero-order chi connectivity index (χ0) is 18.8. The molecule has 0 saturated carbocycles. The minimum absolute atomic E-state index is 0.0472. The lowest BCUT2D eigenvalue weighted by atomic mass is 10.1. The van der Waals surface area contributed by atoms with Crippen LogP contribution < -0.4 is 0 Å². The van der Waals surface area contributed by atoms with Crippen LogP contribution in [0.25, 0.3) is 28.0 Å². The van der Waals surface area contributed by atoms with Crippen molar-refractivity contribution in [1.29, 1.82) is 0 Å². The molecule has 136 valence electrons. The third kappa shape index (κ3) is 3.41. The molecule has 2 heterocycles. The number of carbonyl (C=O) groups excluding carboxylic acids is 1. The Labute approximate surface area is 153 Å². The van der Waals surface area contributed by atoms with Crippen LogP contribution in [-0.4, -0.2) is 37.5 Å². The number of nitrogens with zero attached hydrogens (tertiary/aromatic N) is 4. The van der Waals surface area contributed by atoms with E-state index >= 15 is 0 Å². The highest BCUT2D eigenvalue weighted by atomic mass is 19.1. The number of nitrogens with one attached hydrogen (secondary N) is 1. The van der Waals surface area contributed by atoms with Crippen LogP contribution in [0.5, 0.6) is 0 Å². The Hall–Kier alpha value is -3.55. The molecular weight excluding hydrogens is 349 g/mol. The molecule has 0 unspecified atom stereocenters. The molecule has 4 aromatic rings. The first-order valence-electron chi connectivity index (χ1n) is 8.45. The number of carbonyl (C=O) groups is 1. The van der Waals surface area contributed by atoms with E-state index in [2.05, 4.69) is 20.3 Å². The van der Waals surface area contributed by atoms with E-state index in [0.29, 0.717) is 18.3 Å². The van der Waals surface area contributed by atoms with E-state index in [1.807, 2.05) is 18.2 Å². The van der Waals surface area contributed by atoms with Crippen molar-refractivity contribution in [1.82, 2.24) is 25.0 Å². The summed E-state index contributed by atoms with van der Waals surface area (Å²) in [7, 11) is 0. The van der Waals surface area contributed by atoms with Gasteiger partial charge < -0.3 is 9.72 Å². The van der Waals surface area contributed by atoms with E-state index in [1.54, 1.807) is 29.9 Å². The van der Waals surface area contributed by atoms with Crippen LogP contribution in [0.15, 0.2) is 48.7 Å². The number of rotatable bonds is 5. The molecule has 0 spiro atoms. The molecule has 0 radical (unpaired) electrons. The number of esters is 1. The van der Waals surface area contributed by atoms with Gasteiger partial charge in [-0.05, 0) is 49.4 Å². The SMILES string of the molecule is CCOC(=O)Cc1nnc(-c2ccc3c(cnn3-c3ccc(F)cc3)c2)[nH]1.